The van der Waals surface area contributed by atoms with E-state index in [1.807, 2.05) is 4.90 Å². The van der Waals surface area contributed by atoms with Crippen molar-refractivity contribution in [1.29, 1.82) is 5.26 Å². The number of piperazine rings is 1. The maximum atomic E-state index is 12.9. The van der Waals surface area contributed by atoms with Gasteiger partial charge in [-0.1, -0.05) is 19.3 Å². The van der Waals surface area contributed by atoms with Crippen molar-refractivity contribution in [2.45, 2.75) is 37.6 Å². The Morgan fingerprint density at radius 2 is 1.76 bits per heavy atom. The third-order valence-electron chi connectivity index (χ3n) is 5.57. The van der Waals surface area contributed by atoms with E-state index in [0.29, 0.717) is 44.8 Å². The van der Waals surface area contributed by atoms with Crippen LogP contribution in [0.3, 0.4) is 0 Å². The molecule has 7 nitrogen and oxygen atoms in total. The van der Waals surface area contributed by atoms with Gasteiger partial charge in [-0.25, -0.2) is 4.39 Å². The lowest BCUT2D eigenvalue weighted by atomic mass is 9.83. The summed E-state index contributed by atoms with van der Waals surface area (Å²) >= 11 is 0. The summed E-state index contributed by atoms with van der Waals surface area (Å²) < 4.78 is 18.3. The van der Waals surface area contributed by atoms with Crippen molar-refractivity contribution in [3.63, 3.8) is 0 Å². The molecule has 8 heteroatoms. The number of ether oxygens (including phenoxy) is 1. The molecule has 1 aromatic rings. The van der Waals surface area contributed by atoms with Crippen molar-refractivity contribution in [1.82, 2.24) is 15.1 Å². The van der Waals surface area contributed by atoms with Gasteiger partial charge in [-0.15, -0.1) is 0 Å². The van der Waals surface area contributed by atoms with Gasteiger partial charge < -0.3 is 15.0 Å². The fourth-order valence-corrected chi connectivity index (χ4v) is 3.85. The monoisotopic (exact) mass is 402 g/mol. The van der Waals surface area contributed by atoms with Crippen LogP contribution in [0.25, 0.3) is 0 Å². The third kappa shape index (κ3) is 5.91. The number of carbonyl (C=O) groups is 2. The van der Waals surface area contributed by atoms with Gasteiger partial charge in [0.05, 0.1) is 12.6 Å². The van der Waals surface area contributed by atoms with Crippen LogP contribution >= 0.6 is 0 Å². The number of nitrogens with zero attached hydrogens (tertiary/aromatic N) is 3. The second-order valence-corrected chi connectivity index (χ2v) is 7.70. The highest BCUT2D eigenvalue weighted by Crippen LogP contribution is 2.27. The Morgan fingerprint density at radius 1 is 1.10 bits per heavy atom. The second kappa shape index (κ2) is 9.70. The van der Waals surface area contributed by atoms with Crippen molar-refractivity contribution in [3.8, 4) is 11.8 Å². The molecule has 1 aliphatic heterocycles. The van der Waals surface area contributed by atoms with Crippen molar-refractivity contribution < 1.29 is 18.7 Å². The fourth-order valence-electron chi connectivity index (χ4n) is 3.85. The van der Waals surface area contributed by atoms with Crippen LogP contribution in [0.15, 0.2) is 24.3 Å². The number of nitrogens with one attached hydrogen (secondary N) is 1. The molecule has 0 radical (unpaired) electrons. The maximum absolute atomic E-state index is 12.9. The quantitative estimate of drug-likeness (QED) is 0.783. The zero-order valence-electron chi connectivity index (χ0n) is 16.5. The van der Waals surface area contributed by atoms with Gasteiger partial charge in [0, 0.05) is 26.2 Å². The van der Waals surface area contributed by atoms with Gasteiger partial charge in [-0.3, -0.25) is 14.5 Å². The number of benzene rings is 1. The van der Waals surface area contributed by atoms with E-state index in [-0.39, 0.29) is 30.8 Å². The molecule has 0 bridgehead atoms. The van der Waals surface area contributed by atoms with Crippen LogP contribution in [0.5, 0.6) is 5.75 Å². The molecule has 0 unspecified atom stereocenters. The first-order chi connectivity index (χ1) is 14.0. The molecule has 1 aromatic carbocycles. The van der Waals surface area contributed by atoms with E-state index in [9.17, 15) is 19.2 Å². The number of carbonyl (C=O) groups excluding carboxylic acids is 2. The van der Waals surface area contributed by atoms with Crippen LogP contribution in [0.1, 0.15) is 32.1 Å². The molecule has 29 heavy (non-hydrogen) atoms. The summed E-state index contributed by atoms with van der Waals surface area (Å²) in [6, 6.07) is 7.84. The number of halogens is 1. The predicted molar refractivity (Wildman–Crippen MR) is 104 cm³/mol. The zero-order valence-corrected chi connectivity index (χ0v) is 16.5. The smallest absolute Gasteiger partial charge is 0.260 e. The molecule has 0 aromatic heterocycles. The number of hydrogen-bond acceptors (Lipinski definition) is 5. The van der Waals surface area contributed by atoms with Gasteiger partial charge in [0.15, 0.2) is 6.61 Å². The number of nitriles is 1. The lowest BCUT2D eigenvalue weighted by Gasteiger charge is -2.36. The Balaban J connectivity index is 1.39. The summed E-state index contributed by atoms with van der Waals surface area (Å²) in [7, 11) is 0. The summed E-state index contributed by atoms with van der Waals surface area (Å²) in [6.07, 6.45) is 4.47. The van der Waals surface area contributed by atoms with E-state index in [1.54, 1.807) is 4.90 Å². The second-order valence-electron chi connectivity index (χ2n) is 7.70. The topological polar surface area (TPSA) is 85.7 Å². The van der Waals surface area contributed by atoms with E-state index in [0.717, 1.165) is 19.3 Å². The van der Waals surface area contributed by atoms with E-state index in [2.05, 4.69) is 11.4 Å². The Labute approximate surface area is 170 Å². The summed E-state index contributed by atoms with van der Waals surface area (Å²) in [5, 5.41) is 12.4. The molecule has 0 atom stereocenters. The molecule has 1 saturated carbocycles. The minimum Gasteiger partial charge on any atom is -0.484 e. The van der Waals surface area contributed by atoms with Gasteiger partial charge >= 0.3 is 0 Å². The van der Waals surface area contributed by atoms with Crippen molar-refractivity contribution >= 4 is 11.8 Å². The maximum Gasteiger partial charge on any atom is 0.260 e. The van der Waals surface area contributed by atoms with E-state index in [1.165, 1.54) is 24.3 Å². The molecule has 2 amide bonds. The molecule has 3 rings (SSSR count). The van der Waals surface area contributed by atoms with Crippen LogP contribution in [0.4, 0.5) is 4.39 Å². The minimum absolute atomic E-state index is 0.100. The first kappa shape index (κ1) is 21.1. The molecule has 1 aliphatic carbocycles. The summed E-state index contributed by atoms with van der Waals surface area (Å²) in [6.45, 7) is 2.35. The van der Waals surface area contributed by atoms with Crippen LogP contribution in [-0.4, -0.2) is 66.5 Å². The lowest BCUT2D eigenvalue weighted by molar-refractivity contribution is -0.135. The van der Waals surface area contributed by atoms with Crippen LogP contribution in [0, 0.1) is 17.1 Å². The largest absolute Gasteiger partial charge is 0.484 e. The average molecular weight is 402 g/mol. The van der Waals surface area contributed by atoms with Crippen LogP contribution < -0.4 is 10.1 Å². The predicted octanol–water partition coefficient (Wildman–Crippen LogP) is 1.69. The number of rotatable bonds is 6. The third-order valence-corrected chi connectivity index (χ3v) is 5.57. The molecule has 1 saturated heterocycles. The minimum atomic E-state index is -0.717. The summed E-state index contributed by atoms with van der Waals surface area (Å²) in [5.74, 6) is -0.172. The van der Waals surface area contributed by atoms with Gasteiger partial charge in [-0.2, -0.15) is 5.26 Å². The molecule has 1 heterocycles. The Bertz CT molecular complexity index is 748. The van der Waals surface area contributed by atoms with E-state index < -0.39 is 5.54 Å². The normalized spacial score (nSPS) is 19.2. The summed E-state index contributed by atoms with van der Waals surface area (Å²) in [4.78, 5) is 28.4. The SMILES string of the molecule is N#CC1(NC(=O)CN2CCN(C(=O)COc3ccc(F)cc3)CC2)CCCCC1. The molecule has 156 valence electrons. The van der Waals surface area contributed by atoms with Gasteiger partial charge in [0.1, 0.15) is 17.1 Å². The molecule has 1 N–H and O–H groups in total. The van der Waals surface area contributed by atoms with Gasteiger partial charge in [-0.05, 0) is 37.1 Å². The number of amides is 2. The lowest BCUT2D eigenvalue weighted by Crippen LogP contribution is -2.55. The van der Waals surface area contributed by atoms with Crippen LogP contribution in [-0.2, 0) is 9.59 Å². The van der Waals surface area contributed by atoms with E-state index in [4.69, 9.17) is 4.74 Å². The molecule has 2 aliphatic rings. The standard InChI is InChI=1S/C21H27FN4O3/c22-17-4-6-18(7-5-17)29-15-20(28)26-12-10-25(11-13-26)14-19(27)24-21(16-23)8-2-1-3-9-21/h4-7H,1-3,8-15H2,(H,24,27). The van der Waals surface area contributed by atoms with Gasteiger partial charge in [0.25, 0.3) is 5.91 Å². The molecule has 2 fully saturated rings. The van der Waals surface area contributed by atoms with E-state index >= 15 is 0 Å². The molecular weight excluding hydrogens is 375 g/mol. The van der Waals surface area contributed by atoms with Crippen molar-refractivity contribution in [2.75, 3.05) is 39.3 Å². The van der Waals surface area contributed by atoms with Crippen molar-refractivity contribution in [2.24, 2.45) is 0 Å². The zero-order chi connectivity index (χ0) is 20.7. The highest BCUT2D eigenvalue weighted by atomic mass is 19.1. The van der Waals surface area contributed by atoms with Crippen molar-refractivity contribution in [3.05, 3.63) is 30.1 Å². The number of hydrogen-bond donors (Lipinski definition) is 1. The highest BCUT2D eigenvalue weighted by molar-refractivity contribution is 5.80. The average Bonchev–Trinajstić information content (AvgIpc) is 2.74. The van der Waals surface area contributed by atoms with Gasteiger partial charge in [0.2, 0.25) is 5.91 Å². The van der Waals surface area contributed by atoms with Crippen LogP contribution in [0.2, 0.25) is 0 Å². The Morgan fingerprint density at radius 3 is 2.38 bits per heavy atom. The molecular formula is C21H27FN4O3. The Hall–Kier alpha value is -2.66. The fraction of sp³-hybridized carbons (Fsp3) is 0.571. The first-order valence-corrected chi connectivity index (χ1v) is 10.1. The Kier molecular flexibility index (Phi) is 7.04. The molecule has 0 spiro atoms. The highest BCUT2D eigenvalue weighted by Gasteiger charge is 2.34. The summed E-state index contributed by atoms with van der Waals surface area (Å²) in [5.41, 5.74) is -0.717. The first-order valence-electron chi connectivity index (χ1n) is 10.1.